The Hall–Kier alpha value is -1.20. The molecular weight excluding hydrogens is 633 g/mol. The third-order valence-corrected chi connectivity index (χ3v) is 13.5. The van der Waals surface area contributed by atoms with Crippen molar-refractivity contribution in [2.75, 3.05) is 11.5 Å². The summed E-state index contributed by atoms with van der Waals surface area (Å²) in [5.74, 6) is 2.47. The molecule has 0 aliphatic heterocycles. The highest BCUT2D eigenvalue weighted by molar-refractivity contribution is 7.99. The van der Waals surface area contributed by atoms with Gasteiger partial charge in [0.1, 0.15) is 0 Å². The van der Waals surface area contributed by atoms with Gasteiger partial charge in [0.25, 0.3) is 0 Å². The zero-order valence-electron chi connectivity index (χ0n) is 29.0. The summed E-state index contributed by atoms with van der Waals surface area (Å²) in [5, 5.41) is 0. The topological polar surface area (TPSA) is 0 Å². The Kier molecular flexibility index (Phi) is 19.0. The molecule has 0 amide bonds. The molecule has 4 aromatic rings. The quantitative estimate of drug-likeness (QED) is 0.0474. The highest BCUT2D eigenvalue weighted by Crippen LogP contribution is 2.42. The van der Waals surface area contributed by atoms with Gasteiger partial charge in [0.05, 0.1) is 0 Å². The number of thioether (sulfide) groups is 2. The molecule has 0 aliphatic carbocycles. The van der Waals surface area contributed by atoms with Gasteiger partial charge in [-0.25, -0.2) is 0 Å². The Labute approximate surface area is 299 Å². The Morgan fingerprint density at radius 2 is 0.761 bits per heavy atom. The zero-order valence-corrected chi connectivity index (χ0v) is 32.2. The van der Waals surface area contributed by atoms with Crippen LogP contribution in [-0.2, 0) is 0 Å². The van der Waals surface area contributed by atoms with E-state index in [0.29, 0.717) is 0 Å². The van der Waals surface area contributed by atoms with Gasteiger partial charge in [0, 0.05) is 28.9 Å². The van der Waals surface area contributed by atoms with Crippen LogP contribution in [0.1, 0.15) is 142 Å². The van der Waals surface area contributed by atoms with E-state index in [0.717, 1.165) is 0 Å². The number of rotatable bonds is 26. The van der Waals surface area contributed by atoms with Crippen LogP contribution in [0.15, 0.2) is 70.5 Å². The molecule has 0 nitrogen and oxygen atoms in total. The fraction of sp³-hybridized carbons (Fsp3) is 0.571. The van der Waals surface area contributed by atoms with Gasteiger partial charge in [0.2, 0.25) is 0 Å². The summed E-state index contributed by atoms with van der Waals surface area (Å²) in [7, 11) is 0. The molecule has 2 aromatic heterocycles. The molecule has 0 saturated heterocycles. The van der Waals surface area contributed by atoms with Crippen molar-refractivity contribution < 1.29 is 0 Å². The maximum atomic E-state index is 2.42. The van der Waals surface area contributed by atoms with Crippen LogP contribution in [0, 0.1) is 0 Å². The largest absolute Gasteiger partial charge is 0.134 e. The number of benzene rings is 2. The first kappa shape index (κ1) is 37.6. The first-order chi connectivity index (χ1) is 22.8. The van der Waals surface area contributed by atoms with Gasteiger partial charge in [0.15, 0.2) is 0 Å². The van der Waals surface area contributed by atoms with Gasteiger partial charge in [-0.1, -0.05) is 154 Å². The van der Waals surface area contributed by atoms with Crippen LogP contribution in [0.2, 0.25) is 0 Å². The maximum Gasteiger partial charge on any atom is 0.0463 e. The molecule has 2 heterocycles. The summed E-state index contributed by atoms with van der Waals surface area (Å²) in [6, 6.07) is 23.3. The predicted molar refractivity (Wildman–Crippen MR) is 216 cm³/mol. The standard InChI is InChI=1S/C42H60S4/c1-3-5-7-9-11-13-15-17-19-21-29-43-37-27-23-25-35(31-37)39-33-41-42(45-39)34-40(46-41)36-26-24-28-38(32-36)44-30-22-20-18-16-14-12-10-8-6-4-2/h23-28,31-34H,3-22,29-30H2,1-2H3. The lowest BCUT2D eigenvalue weighted by atomic mass is 10.1. The average molecular weight is 693 g/mol. The van der Waals surface area contributed by atoms with Crippen molar-refractivity contribution in [2.45, 2.75) is 152 Å². The lowest BCUT2D eigenvalue weighted by molar-refractivity contribution is 0.563. The molecule has 0 radical (unpaired) electrons. The van der Waals surface area contributed by atoms with Crippen LogP contribution < -0.4 is 0 Å². The minimum Gasteiger partial charge on any atom is -0.134 e. The van der Waals surface area contributed by atoms with E-state index in [1.54, 1.807) is 0 Å². The van der Waals surface area contributed by atoms with Crippen LogP contribution in [-0.4, -0.2) is 11.5 Å². The summed E-state index contributed by atoms with van der Waals surface area (Å²) in [5.41, 5.74) is 2.74. The normalized spacial score (nSPS) is 11.6. The molecule has 4 heteroatoms. The highest BCUT2D eigenvalue weighted by atomic mass is 32.2. The molecule has 0 aliphatic rings. The molecule has 0 bridgehead atoms. The summed E-state index contributed by atoms with van der Waals surface area (Å²) in [4.78, 5) is 5.63. The van der Waals surface area contributed by atoms with E-state index in [-0.39, 0.29) is 0 Å². The van der Waals surface area contributed by atoms with E-state index in [2.05, 4.69) is 74.5 Å². The van der Waals surface area contributed by atoms with Crippen molar-refractivity contribution in [3.8, 4) is 20.9 Å². The minimum absolute atomic E-state index is 1.24. The van der Waals surface area contributed by atoms with Crippen LogP contribution in [0.3, 0.4) is 0 Å². The van der Waals surface area contributed by atoms with Crippen molar-refractivity contribution >= 4 is 55.6 Å². The first-order valence-electron chi connectivity index (χ1n) is 18.8. The molecule has 4 rings (SSSR count). The number of hydrogen-bond acceptors (Lipinski definition) is 4. The first-order valence-corrected chi connectivity index (χ1v) is 22.4. The van der Waals surface area contributed by atoms with Crippen LogP contribution in [0.5, 0.6) is 0 Å². The lowest BCUT2D eigenvalue weighted by Gasteiger charge is -2.05. The molecule has 46 heavy (non-hydrogen) atoms. The molecular formula is C42H60S4. The van der Waals surface area contributed by atoms with Crippen LogP contribution >= 0.6 is 46.2 Å². The summed E-state index contributed by atoms with van der Waals surface area (Å²) in [6.45, 7) is 4.60. The van der Waals surface area contributed by atoms with E-state index in [9.17, 15) is 0 Å². The Morgan fingerprint density at radius 3 is 1.13 bits per heavy atom. The summed E-state index contributed by atoms with van der Waals surface area (Å²) >= 11 is 7.97. The molecule has 0 N–H and O–H groups in total. The molecule has 0 unspecified atom stereocenters. The van der Waals surface area contributed by atoms with E-state index < -0.39 is 0 Å². The fourth-order valence-electron chi connectivity index (χ4n) is 6.16. The van der Waals surface area contributed by atoms with E-state index >= 15 is 0 Å². The number of hydrogen-bond donors (Lipinski definition) is 0. The van der Waals surface area contributed by atoms with Gasteiger partial charge in [-0.2, -0.15) is 0 Å². The Bertz CT molecular complexity index is 1220. The van der Waals surface area contributed by atoms with Gasteiger partial charge >= 0.3 is 0 Å². The van der Waals surface area contributed by atoms with E-state index in [1.807, 2.05) is 46.2 Å². The summed E-state index contributed by atoms with van der Waals surface area (Å²) in [6.07, 6.45) is 28.1. The highest BCUT2D eigenvalue weighted by Gasteiger charge is 2.11. The van der Waals surface area contributed by atoms with E-state index in [4.69, 9.17) is 0 Å². The zero-order chi connectivity index (χ0) is 32.1. The fourth-order valence-corrected chi connectivity index (χ4v) is 10.5. The van der Waals surface area contributed by atoms with Gasteiger partial charge in [-0.3, -0.25) is 0 Å². The van der Waals surface area contributed by atoms with Gasteiger partial charge in [-0.15, -0.1) is 46.2 Å². The average Bonchev–Trinajstić information content (AvgIpc) is 3.67. The monoisotopic (exact) mass is 692 g/mol. The molecule has 252 valence electrons. The predicted octanol–water partition coefficient (Wildman–Crippen LogP) is 16.3. The maximum absolute atomic E-state index is 2.42. The number of unbranched alkanes of at least 4 members (excludes halogenated alkanes) is 18. The van der Waals surface area contributed by atoms with Crippen LogP contribution in [0.4, 0.5) is 0 Å². The Balaban J connectivity index is 1.16. The molecule has 0 spiro atoms. The number of fused-ring (bicyclic) bond motifs is 1. The van der Waals surface area contributed by atoms with Crippen molar-refractivity contribution in [1.29, 1.82) is 0 Å². The second kappa shape index (κ2) is 23.2. The third-order valence-electron chi connectivity index (χ3n) is 8.98. The van der Waals surface area contributed by atoms with Gasteiger partial charge in [-0.05, 0) is 71.9 Å². The molecule has 0 fully saturated rings. The third kappa shape index (κ3) is 14.1. The summed E-state index contributed by atoms with van der Waals surface area (Å²) < 4.78 is 2.84. The minimum atomic E-state index is 1.24. The molecule has 0 atom stereocenters. The van der Waals surface area contributed by atoms with Crippen molar-refractivity contribution in [1.82, 2.24) is 0 Å². The van der Waals surface area contributed by atoms with Crippen molar-refractivity contribution in [2.24, 2.45) is 0 Å². The van der Waals surface area contributed by atoms with Crippen molar-refractivity contribution in [3.63, 3.8) is 0 Å². The second-order valence-electron chi connectivity index (χ2n) is 13.1. The molecule has 2 aromatic carbocycles. The van der Waals surface area contributed by atoms with Crippen molar-refractivity contribution in [3.05, 3.63) is 60.7 Å². The van der Waals surface area contributed by atoms with Gasteiger partial charge < -0.3 is 0 Å². The Morgan fingerprint density at radius 1 is 0.413 bits per heavy atom. The smallest absolute Gasteiger partial charge is 0.0463 e. The second-order valence-corrected chi connectivity index (χ2v) is 17.6. The van der Waals surface area contributed by atoms with Crippen LogP contribution in [0.25, 0.3) is 30.3 Å². The lowest BCUT2D eigenvalue weighted by Crippen LogP contribution is -1.84. The SMILES string of the molecule is CCCCCCCCCCCCSc1cccc(-c2cc3sc(-c4cccc(SCCCCCCCCCCCC)c4)cc3s2)c1. The number of thiophene rings is 2. The molecule has 0 saturated carbocycles. The van der Waals surface area contributed by atoms with E-state index in [1.165, 1.54) is 180 Å².